The summed E-state index contributed by atoms with van der Waals surface area (Å²) in [6.07, 6.45) is -2.64. The molecule has 4 aliphatic rings. The van der Waals surface area contributed by atoms with Crippen LogP contribution in [0.3, 0.4) is 0 Å². The molecule has 6 unspecified atom stereocenters. The van der Waals surface area contributed by atoms with Gasteiger partial charge in [-0.1, -0.05) is 0 Å². The van der Waals surface area contributed by atoms with Crippen molar-refractivity contribution in [1.29, 1.82) is 0 Å². The maximum atomic E-state index is 15.4. The van der Waals surface area contributed by atoms with Crippen LogP contribution in [0.4, 0.5) is 17.6 Å². The highest BCUT2D eigenvalue weighted by Crippen LogP contribution is 2.43. The van der Waals surface area contributed by atoms with Gasteiger partial charge in [-0.05, 0) is 51.4 Å². The standard InChI is InChI=1S/C20H35F4N5O/c1-12-9-25-16(30-12)10-26-18-17(21)19(28-11-27-18)29-8-2-3-15(29)13-4-6-14(7-5-13)20(22,23)24/h12-19,25-28H,2-11H2,1H3. The molecule has 0 aromatic carbocycles. The Morgan fingerprint density at radius 1 is 1.07 bits per heavy atom. The Bertz CT molecular complexity index is 560. The minimum Gasteiger partial charge on any atom is -0.358 e. The van der Waals surface area contributed by atoms with E-state index in [4.69, 9.17) is 4.74 Å². The van der Waals surface area contributed by atoms with Gasteiger partial charge in [-0.25, -0.2) is 4.39 Å². The van der Waals surface area contributed by atoms with E-state index in [0.717, 1.165) is 25.9 Å². The maximum absolute atomic E-state index is 15.4. The van der Waals surface area contributed by atoms with E-state index in [9.17, 15) is 13.2 Å². The molecule has 4 N–H and O–H groups in total. The fourth-order valence-corrected chi connectivity index (χ4v) is 5.69. The molecule has 1 saturated carbocycles. The van der Waals surface area contributed by atoms with E-state index < -0.39 is 30.6 Å². The monoisotopic (exact) mass is 437 g/mol. The van der Waals surface area contributed by atoms with Crippen LogP contribution in [-0.2, 0) is 4.74 Å². The van der Waals surface area contributed by atoms with Crippen LogP contribution in [0.15, 0.2) is 0 Å². The van der Waals surface area contributed by atoms with Crippen LogP contribution in [0.2, 0.25) is 0 Å². The van der Waals surface area contributed by atoms with Crippen molar-refractivity contribution in [3.05, 3.63) is 0 Å². The van der Waals surface area contributed by atoms with Crippen LogP contribution in [-0.4, -0.2) is 74.3 Å². The zero-order chi connectivity index (χ0) is 21.3. The van der Waals surface area contributed by atoms with Crippen molar-refractivity contribution in [2.24, 2.45) is 11.8 Å². The van der Waals surface area contributed by atoms with Gasteiger partial charge in [0.15, 0.2) is 6.17 Å². The largest absolute Gasteiger partial charge is 0.391 e. The molecule has 0 aromatic heterocycles. The third kappa shape index (κ3) is 5.10. The van der Waals surface area contributed by atoms with Gasteiger partial charge in [-0.15, -0.1) is 0 Å². The fourth-order valence-electron chi connectivity index (χ4n) is 5.69. The van der Waals surface area contributed by atoms with Gasteiger partial charge in [0.05, 0.1) is 24.4 Å². The predicted molar refractivity (Wildman–Crippen MR) is 105 cm³/mol. The molecule has 0 amide bonds. The summed E-state index contributed by atoms with van der Waals surface area (Å²) in [5.41, 5.74) is 0. The van der Waals surface area contributed by atoms with E-state index in [1.807, 2.05) is 6.92 Å². The molecular weight excluding hydrogens is 402 g/mol. The Morgan fingerprint density at radius 3 is 2.50 bits per heavy atom. The number of rotatable bonds is 5. The summed E-state index contributed by atoms with van der Waals surface area (Å²) >= 11 is 0. The molecule has 30 heavy (non-hydrogen) atoms. The molecule has 1 aliphatic carbocycles. The van der Waals surface area contributed by atoms with Gasteiger partial charge in [-0.2, -0.15) is 13.2 Å². The number of hydrogen-bond acceptors (Lipinski definition) is 6. The summed E-state index contributed by atoms with van der Waals surface area (Å²) in [5, 5.41) is 12.9. The van der Waals surface area contributed by atoms with Crippen molar-refractivity contribution in [1.82, 2.24) is 26.2 Å². The second-order valence-corrected chi connectivity index (χ2v) is 9.30. The molecule has 0 radical (unpaired) electrons. The van der Waals surface area contributed by atoms with E-state index >= 15 is 4.39 Å². The Hall–Kier alpha value is -0.520. The molecule has 4 rings (SSSR count). The first-order valence-corrected chi connectivity index (χ1v) is 11.4. The van der Waals surface area contributed by atoms with Crippen LogP contribution in [0.5, 0.6) is 0 Å². The van der Waals surface area contributed by atoms with Crippen molar-refractivity contribution in [3.8, 4) is 0 Å². The molecule has 3 heterocycles. The fraction of sp³-hybridized carbons (Fsp3) is 1.00. The molecule has 3 aliphatic heterocycles. The van der Waals surface area contributed by atoms with Crippen molar-refractivity contribution < 1.29 is 22.3 Å². The number of halogens is 4. The summed E-state index contributed by atoms with van der Waals surface area (Å²) < 4.78 is 60.2. The number of nitrogens with one attached hydrogen (secondary N) is 4. The quantitative estimate of drug-likeness (QED) is 0.493. The topological polar surface area (TPSA) is 60.6 Å². The summed E-state index contributed by atoms with van der Waals surface area (Å²) in [5.74, 6) is -0.948. The highest BCUT2D eigenvalue weighted by atomic mass is 19.4. The van der Waals surface area contributed by atoms with Crippen molar-refractivity contribution in [2.45, 2.75) is 88.5 Å². The third-order valence-electron chi connectivity index (χ3n) is 7.28. The van der Waals surface area contributed by atoms with E-state index in [0.29, 0.717) is 26.1 Å². The van der Waals surface area contributed by atoms with Crippen LogP contribution in [0, 0.1) is 11.8 Å². The van der Waals surface area contributed by atoms with E-state index in [-0.39, 0.29) is 37.1 Å². The SMILES string of the molecule is CC1CNC(CNC2NCNC(N3CCCC3C3CCC(C(F)(F)F)CC3)C2F)O1. The summed E-state index contributed by atoms with van der Waals surface area (Å²) in [6, 6.07) is 0.161. The van der Waals surface area contributed by atoms with Gasteiger partial charge in [0.1, 0.15) is 6.23 Å². The summed E-state index contributed by atoms with van der Waals surface area (Å²) in [7, 11) is 0. The Kier molecular flexibility index (Phi) is 7.21. The molecule has 174 valence electrons. The van der Waals surface area contributed by atoms with Gasteiger partial charge < -0.3 is 4.74 Å². The van der Waals surface area contributed by atoms with Crippen LogP contribution in [0.25, 0.3) is 0 Å². The highest BCUT2D eigenvalue weighted by Gasteiger charge is 2.46. The van der Waals surface area contributed by atoms with Gasteiger partial charge in [0.25, 0.3) is 0 Å². The van der Waals surface area contributed by atoms with Crippen molar-refractivity contribution in [3.63, 3.8) is 0 Å². The van der Waals surface area contributed by atoms with E-state index in [1.165, 1.54) is 0 Å². The lowest BCUT2D eigenvalue weighted by Gasteiger charge is -2.45. The second-order valence-electron chi connectivity index (χ2n) is 9.30. The molecule has 6 atom stereocenters. The van der Waals surface area contributed by atoms with Gasteiger partial charge in [0.2, 0.25) is 0 Å². The number of hydrogen-bond donors (Lipinski definition) is 4. The molecule has 0 bridgehead atoms. The molecule has 10 heteroatoms. The summed E-state index contributed by atoms with van der Waals surface area (Å²) in [6.45, 7) is 4.58. The minimum atomic E-state index is -4.09. The predicted octanol–water partition coefficient (Wildman–Crippen LogP) is 1.88. The smallest absolute Gasteiger partial charge is 0.358 e. The number of alkyl halides is 4. The average Bonchev–Trinajstić information content (AvgIpc) is 3.36. The highest BCUT2D eigenvalue weighted by molar-refractivity contribution is 4.97. The van der Waals surface area contributed by atoms with Crippen molar-refractivity contribution in [2.75, 3.05) is 26.3 Å². The Labute approximate surface area is 175 Å². The van der Waals surface area contributed by atoms with Gasteiger partial charge in [-0.3, -0.25) is 26.2 Å². The first kappa shape index (κ1) is 22.7. The molecule has 3 saturated heterocycles. The summed E-state index contributed by atoms with van der Waals surface area (Å²) in [4.78, 5) is 2.19. The third-order valence-corrected chi connectivity index (χ3v) is 7.28. The Balaban J connectivity index is 1.32. The maximum Gasteiger partial charge on any atom is 0.391 e. The van der Waals surface area contributed by atoms with Gasteiger partial charge in [0, 0.05) is 32.3 Å². The molecule has 0 spiro atoms. The van der Waals surface area contributed by atoms with E-state index in [1.54, 1.807) is 0 Å². The minimum absolute atomic E-state index is 0.120. The van der Waals surface area contributed by atoms with E-state index in [2.05, 4.69) is 26.2 Å². The second kappa shape index (κ2) is 9.54. The number of nitrogens with zero attached hydrogens (tertiary/aromatic N) is 1. The lowest BCUT2D eigenvalue weighted by molar-refractivity contribution is -0.185. The average molecular weight is 438 g/mol. The molecular formula is C20H35F4N5O. The first-order valence-electron chi connectivity index (χ1n) is 11.4. The van der Waals surface area contributed by atoms with Crippen LogP contribution >= 0.6 is 0 Å². The van der Waals surface area contributed by atoms with Crippen LogP contribution < -0.4 is 21.3 Å². The molecule has 0 aromatic rings. The Morgan fingerprint density at radius 2 is 1.83 bits per heavy atom. The zero-order valence-corrected chi connectivity index (χ0v) is 17.6. The lowest BCUT2D eigenvalue weighted by atomic mass is 9.77. The first-order chi connectivity index (χ1) is 14.3. The number of likely N-dealkylation sites (tertiary alicyclic amines) is 1. The number of ether oxygens (including phenoxy) is 1. The molecule has 4 fully saturated rings. The normalized spacial score (nSPS) is 43.9. The zero-order valence-electron chi connectivity index (χ0n) is 17.6. The van der Waals surface area contributed by atoms with Crippen molar-refractivity contribution >= 4 is 0 Å². The lowest BCUT2D eigenvalue weighted by Crippen LogP contribution is -2.69. The van der Waals surface area contributed by atoms with Crippen LogP contribution in [0.1, 0.15) is 45.4 Å². The van der Waals surface area contributed by atoms with Gasteiger partial charge >= 0.3 is 6.18 Å². The molecule has 6 nitrogen and oxygen atoms in total.